The van der Waals surface area contributed by atoms with Crippen molar-refractivity contribution in [1.82, 2.24) is 0 Å². The molecule has 0 unspecified atom stereocenters. The number of nitrogen functional groups attached to an aromatic ring is 1. The summed E-state index contributed by atoms with van der Waals surface area (Å²) >= 11 is 0. The summed E-state index contributed by atoms with van der Waals surface area (Å²) in [5.74, 6) is -1.45. The van der Waals surface area contributed by atoms with Crippen LogP contribution in [0.25, 0.3) is 0 Å². The van der Waals surface area contributed by atoms with Gasteiger partial charge in [-0.3, -0.25) is 0 Å². The first kappa shape index (κ1) is 12.2. The molecule has 2 rings (SSSR count). The van der Waals surface area contributed by atoms with Crippen molar-refractivity contribution in [2.75, 3.05) is 12.8 Å². The highest BCUT2D eigenvalue weighted by atomic mass is 19.2. The molecule has 0 fully saturated rings. The van der Waals surface area contributed by atoms with Crippen molar-refractivity contribution in [1.29, 1.82) is 0 Å². The van der Waals surface area contributed by atoms with Crippen molar-refractivity contribution in [3.8, 4) is 17.2 Å². The fourth-order valence-corrected chi connectivity index (χ4v) is 1.43. The minimum atomic E-state index is -1.05. The van der Waals surface area contributed by atoms with Crippen LogP contribution in [0.3, 0.4) is 0 Å². The van der Waals surface area contributed by atoms with E-state index in [9.17, 15) is 8.78 Å². The third-order valence-electron chi connectivity index (χ3n) is 2.35. The van der Waals surface area contributed by atoms with Crippen LogP contribution in [0.2, 0.25) is 0 Å². The monoisotopic (exact) mass is 251 g/mol. The lowest BCUT2D eigenvalue weighted by Crippen LogP contribution is -1.96. The van der Waals surface area contributed by atoms with E-state index < -0.39 is 11.6 Å². The lowest BCUT2D eigenvalue weighted by Gasteiger charge is -2.10. The third kappa shape index (κ3) is 2.34. The minimum absolute atomic E-state index is 0.216. The van der Waals surface area contributed by atoms with Crippen molar-refractivity contribution >= 4 is 5.69 Å². The highest BCUT2D eigenvalue weighted by Gasteiger charge is 2.11. The van der Waals surface area contributed by atoms with Gasteiger partial charge >= 0.3 is 0 Å². The molecule has 0 saturated carbocycles. The maximum absolute atomic E-state index is 13.4. The Morgan fingerprint density at radius 2 is 1.83 bits per heavy atom. The van der Waals surface area contributed by atoms with Crippen LogP contribution >= 0.6 is 0 Å². The Balaban J connectivity index is 2.31. The fraction of sp³-hybridized carbons (Fsp3) is 0.0769. The summed E-state index contributed by atoms with van der Waals surface area (Å²) < 4.78 is 36.6. The summed E-state index contributed by atoms with van der Waals surface area (Å²) in [7, 11) is 1.50. The van der Waals surface area contributed by atoms with Crippen LogP contribution in [0.15, 0.2) is 36.4 Å². The van der Waals surface area contributed by atoms with Crippen molar-refractivity contribution in [2.45, 2.75) is 0 Å². The highest BCUT2D eigenvalue weighted by molar-refractivity contribution is 5.57. The molecule has 0 atom stereocenters. The van der Waals surface area contributed by atoms with Gasteiger partial charge in [0.1, 0.15) is 5.75 Å². The number of ether oxygens (including phenoxy) is 2. The Hall–Kier alpha value is -2.30. The van der Waals surface area contributed by atoms with Crippen LogP contribution in [0.5, 0.6) is 17.2 Å². The molecule has 0 aliphatic heterocycles. The normalized spacial score (nSPS) is 10.2. The molecule has 0 heterocycles. The van der Waals surface area contributed by atoms with E-state index in [1.165, 1.54) is 31.4 Å². The molecule has 0 aliphatic rings. The number of anilines is 1. The van der Waals surface area contributed by atoms with Crippen molar-refractivity contribution in [3.63, 3.8) is 0 Å². The maximum atomic E-state index is 13.4. The number of rotatable bonds is 3. The van der Waals surface area contributed by atoms with E-state index in [4.69, 9.17) is 15.2 Å². The van der Waals surface area contributed by atoms with Crippen LogP contribution in [0.4, 0.5) is 14.5 Å². The molecule has 0 spiro atoms. The van der Waals surface area contributed by atoms with E-state index in [1.54, 1.807) is 6.07 Å². The molecule has 0 aliphatic carbocycles. The zero-order chi connectivity index (χ0) is 13.1. The van der Waals surface area contributed by atoms with Gasteiger partial charge < -0.3 is 15.2 Å². The van der Waals surface area contributed by atoms with Gasteiger partial charge in [0.25, 0.3) is 0 Å². The molecule has 0 aromatic heterocycles. The zero-order valence-electron chi connectivity index (χ0n) is 9.61. The average Bonchev–Trinajstić information content (AvgIpc) is 2.37. The lowest BCUT2D eigenvalue weighted by molar-refractivity contribution is 0.407. The van der Waals surface area contributed by atoms with Gasteiger partial charge in [-0.25, -0.2) is 4.39 Å². The number of halogens is 2. The lowest BCUT2D eigenvalue weighted by atomic mass is 10.2. The number of hydrogen-bond donors (Lipinski definition) is 1. The van der Waals surface area contributed by atoms with Crippen LogP contribution in [0.1, 0.15) is 0 Å². The summed E-state index contributed by atoms with van der Waals surface area (Å²) in [6, 6.07) is 8.36. The molecular formula is C13H11F2NO2. The van der Waals surface area contributed by atoms with Crippen LogP contribution in [0, 0.1) is 11.6 Å². The van der Waals surface area contributed by atoms with E-state index >= 15 is 0 Å². The SMILES string of the molecule is COc1ccc(Oc2cccc(F)c2F)c(N)c1. The Labute approximate surface area is 103 Å². The second-order valence-corrected chi connectivity index (χ2v) is 3.56. The second kappa shape index (κ2) is 4.91. The first-order chi connectivity index (χ1) is 8.61. The molecule has 94 valence electrons. The number of benzene rings is 2. The predicted molar refractivity (Wildman–Crippen MR) is 63.8 cm³/mol. The maximum Gasteiger partial charge on any atom is 0.201 e. The quantitative estimate of drug-likeness (QED) is 0.851. The largest absolute Gasteiger partial charge is 0.497 e. The number of nitrogens with two attached hydrogens (primary N) is 1. The van der Waals surface area contributed by atoms with Gasteiger partial charge in [-0.2, -0.15) is 4.39 Å². The standard InChI is InChI=1S/C13H11F2NO2/c1-17-8-5-6-11(10(16)7-8)18-12-4-2-3-9(14)13(12)15/h2-7H,16H2,1H3. The Kier molecular flexibility index (Phi) is 3.32. The Morgan fingerprint density at radius 1 is 1.06 bits per heavy atom. The molecule has 2 aromatic rings. The highest BCUT2D eigenvalue weighted by Crippen LogP contribution is 2.32. The van der Waals surface area contributed by atoms with E-state index in [2.05, 4.69) is 0 Å². The molecular weight excluding hydrogens is 240 g/mol. The smallest absolute Gasteiger partial charge is 0.201 e. The predicted octanol–water partition coefficient (Wildman–Crippen LogP) is 3.35. The van der Waals surface area contributed by atoms with Gasteiger partial charge in [-0.15, -0.1) is 0 Å². The minimum Gasteiger partial charge on any atom is -0.497 e. The third-order valence-corrected chi connectivity index (χ3v) is 2.35. The molecule has 3 nitrogen and oxygen atoms in total. The van der Waals surface area contributed by atoms with Crippen molar-refractivity contribution < 1.29 is 18.3 Å². The topological polar surface area (TPSA) is 44.5 Å². The van der Waals surface area contributed by atoms with E-state index in [-0.39, 0.29) is 17.2 Å². The van der Waals surface area contributed by atoms with Gasteiger partial charge in [0.2, 0.25) is 5.82 Å². The van der Waals surface area contributed by atoms with Crippen molar-refractivity contribution in [3.05, 3.63) is 48.0 Å². The van der Waals surface area contributed by atoms with Crippen molar-refractivity contribution in [2.24, 2.45) is 0 Å². The summed E-state index contributed by atoms with van der Waals surface area (Å²) in [4.78, 5) is 0. The van der Waals surface area contributed by atoms with E-state index in [0.717, 1.165) is 6.07 Å². The van der Waals surface area contributed by atoms with Crippen LogP contribution in [-0.4, -0.2) is 7.11 Å². The first-order valence-electron chi connectivity index (χ1n) is 5.17. The Bertz CT molecular complexity index is 573. The fourth-order valence-electron chi connectivity index (χ4n) is 1.43. The van der Waals surface area contributed by atoms with Gasteiger partial charge in [-0.1, -0.05) is 6.07 Å². The average molecular weight is 251 g/mol. The molecule has 5 heteroatoms. The first-order valence-corrected chi connectivity index (χ1v) is 5.17. The zero-order valence-corrected chi connectivity index (χ0v) is 9.61. The Morgan fingerprint density at radius 3 is 2.50 bits per heavy atom. The summed E-state index contributed by atoms with van der Waals surface area (Å²) in [6.45, 7) is 0. The summed E-state index contributed by atoms with van der Waals surface area (Å²) in [6.07, 6.45) is 0. The summed E-state index contributed by atoms with van der Waals surface area (Å²) in [5.41, 5.74) is 5.99. The van der Waals surface area contributed by atoms with Crippen LogP contribution < -0.4 is 15.2 Å². The van der Waals surface area contributed by atoms with Crippen LogP contribution in [-0.2, 0) is 0 Å². The van der Waals surface area contributed by atoms with Gasteiger partial charge in [0, 0.05) is 6.07 Å². The molecule has 2 aromatic carbocycles. The second-order valence-electron chi connectivity index (χ2n) is 3.56. The summed E-state index contributed by atoms with van der Waals surface area (Å²) in [5, 5.41) is 0. The van der Waals surface area contributed by atoms with Gasteiger partial charge in [0.15, 0.2) is 17.3 Å². The number of methoxy groups -OCH3 is 1. The molecule has 0 saturated heterocycles. The molecule has 0 radical (unpaired) electrons. The molecule has 18 heavy (non-hydrogen) atoms. The van der Waals surface area contributed by atoms with Gasteiger partial charge in [0.05, 0.1) is 12.8 Å². The van der Waals surface area contributed by atoms with Gasteiger partial charge in [-0.05, 0) is 24.3 Å². The molecule has 0 amide bonds. The number of hydrogen-bond acceptors (Lipinski definition) is 3. The van der Waals surface area contributed by atoms with E-state index in [0.29, 0.717) is 5.75 Å². The van der Waals surface area contributed by atoms with E-state index in [1.807, 2.05) is 0 Å². The molecule has 2 N–H and O–H groups in total. The molecule has 0 bridgehead atoms.